The molecule has 3 saturated heterocycles. The molecule has 5 nitrogen and oxygen atoms in total. The van der Waals surface area contributed by atoms with E-state index in [4.69, 9.17) is 9.47 Å². The Kier molecular flexibility index (Phi) is 5.12. The summed E-state index contributed by atoms with van der Waals surface area (Å²) >= 11 is 0. The number of fused-ring (bicyclic) bond motifs is 5. The largest absolute Gasteiger partial charge is 1.00 e. The quantitative estimate of drug-likeness (QED) is 0.346. The zero-order valence-electron chi connectivity index (χ0n) is 15.7. The van der Waals surface area contributed by atoms with Gasteiger partial charge in [0.2, 0.25) is 0 Å². The fourth-order valence-corrected chi connectivity index (χ4v) is 5.53. The molecule has 27 heavy (non-hydrogen) atoms. The Balaban J connectivity index is 0.00000180. The number of nitrogens with zero attached hydrogens (tertiary/aromatic N) is 1. The van der Waals surface area contributed by atoms with Crippen LogP contribution in [-0.2, 0) is 14.3 Å². The van der Waals surface area contributed by atoms with Crippen molar-refractivity contribution in [2.75, 3.05) is 20.2 Å². The topological polar surface area (TPSA) is 59.1 Å². The van der Waals surface area contributed by atoms with E-state index in [0.29, 0.717) is 24.3 Å². The number of aliphatic hydroxyl groups is 1. The van der Waals surface area contributed by atoms with Crippen LogP contribution in [0.1, 0.15) is 37.2 Å². The minimum absolute atomic E-state index is 0. The normalized spacial score (nSPS) is 39.9. The molecule has 1 aromatic carbocycles. The zero-order valence-corrected chi connectivity index (χ0v) is 17.3. The number of likely N-dealkylation sites (N-methyl/N-ethyl adjacent to an activating group) is 1. The van der Waals surface area contributed by atoms with Crippen molar-refractivity contribution in [3.63, 3.8) is 0 Å². The molecule has 2 bridgehead atoms. The van der Waals surface area contributed by atoms with Crippen LogP contribution in [0.15, 0.2) is 30.3 Å². The molecule has 5 rings (SSSR count). The van der Waals surface area contributed by atoms with Gasteiger partial charge in [0, 0.05) is 18.8 Å². The fraction of sp³-hybridized carbons (Fsp3) is 0.667. The number of hydrogen-bond donors (Lipinski definition) is 1. The number of piperidine rings is 1. The first-order valence-electron chi connectivity index (χ1n) is 9.97. The summed E-state index contributed by atoms with van der Waals surface area (Å²) in [6.45, 7) is 1.04. The summed E-state index contributed by atoms with van der Waals surface area (Å²) in [5, 5.41) is 9.71. The Morgan fingerprint density at radius 2 is 1.85 bits per heavy atom. The van der Waals surface area contributed by atoms with Gasteiger partial charge in [-0.3, -0.25) is 4.79 Å². The molecule has 1 saturated carbocycles. The molecule has 148 valence electrons. The van der Waals surface area contributed by atoms with Gasteiger partial charge in [-0.2, -0.15) is 0 Å². The van der Waals surface area contributed by atoms with Gasteiger partial charge < -0.3 is 36.0 Å². The fourth-order valence-electron chi connectivity index (χ4n) is 5.53. The van der Waals surface area contributed by atoms with Crippen LogP contribution < -0.4 is 17.0 Å². The van der Waals surface area contributed by atoms with Crippen LogP contribution in [0.25, 0.3) is 0 Å². The Hall–Kier alpha value is -0.950. The minimum atomic E-state index is -0.589. The van der Waals surface area contributed by atoms with Crippen LogP contribution in [0, 0.1) is 5.92 Å². The van der Waals surface area contributed by atoms with Crippen LogP contribution in [0.3, 0.4) is 0 Å². The van der Waals surface area contributed by atoms with Crippen LogP contribution in [0.4, 0.5) is 0 Å². The van der Waals surface area contributed by atoms with E-state index in [9.17, 15) is 9.90 Å². The van der Waals surface area contributed by atoms with Gasteiger partial charge >= 0.3 is 5.97 Å². The molecule has 1 N–H and O–H groups in total. The predicted octanol–water partition coefficient (Wildman–Crippen LogP) is -1.15. The lowest BCUT2D eigenvalue weighted by atomic mass is 9.94. The van der Waals surface area contributed by atoms with Gasteiger partial charge in [-0.05, 0) is 18.4 Å². The lowest BCUT2D eigenvalue weighted by molar-refractivity contribution is -0.957. The number of epoxide rings is 1. The highest BCUT2D eigenvalue weighted by Gasteiger charge is 2.72. The number of aliphatic hydroxyl groups excluding tert-OH is 1. The number of rotatable bonds is 6. The molecule has 3 heterocycles. The SMILES string of the molecule is C[N+]1(CC2CC2)[C@@H]2C[C@@H](OC(=O)[C@H](CO)c3ccccc3)C[C@H]1[C@@H]1O[C@@H]12.[Br-]. The van der Waals surface area contributed by atoms with E-state index in [0.717, 1.165) is 28.8 Å². The molecule has 0 radical (unpaired) electrons. The number of morpholine rings is 1. The van der Waals surface area contributed by atoms with Gasteiger partial charge in [-0.15, -0.1) is 0 Å². The first-order valence-corrected chi connectivity index (χ1v) is 9.97. The maximum absolute atomic E-state index is 12.7. The summed E-state index contributed by atoms with van der Waals surface area (Å²) < 4.78 is 12.9. The number of esters is 1. The number of ether oxygens (including phenoxy) is 2. The van der Waals surface area contributed by atoms with E-state index in [1.54, 1.807) is 0 Å². The van der Waals surface area contributed by atoms with Gasteiger partial charge in [0.1, 0.15) is 36.3 Å². The Morgan fingerprint density at radius 1 is 1.22 bits per heavy atom. The Morgan fingerprint density at radius 3 is 2.41 bits per heavy atom. The molecule has 6 heteroatoms. The van der Waals surface area contributed by atoms with Crippen molar-refractivity contribution >= 4 is 5.97 Å². The van der Waals surface area contributed by atoms with Crippen molar-refractivity contribution in [1.82, 2.24) is 0 Å². The molecule has 1 aliphatic carbocycles. The molecule has 3 aliphatic heterocycles. The number of carbonyl (C=O) groups excluding carboxylic acids is 1. The van der Waals surface area contributed by atoms with E-state index < -0.39 is 5.92 Å². The van der Waals surface area contributed by atoms with E-state index in [1.807, 2.05) is 30.3 Å². The molecule has 1 unspecified atom stereocenters. The molecule has 7 atom stereocenters. The maximum Gasteiger partial charge on any atom is 0.316 e. The maximum atomic E-state index is 12.7. The van der Waals surface area contributed by atoms with Crippen molar-refractivity contribution in [3.05, 3.63) is 35.9 Å². The van der Waals surface area contributed by atoms with E-state index in [1.165, 1.54) is 19.4 Å². The summed E-state index contributed by atoms with van der Waals surface area (Å²) in [7, 11) is 2.39. The van der Waals surface area contributed by atoms with Crippen LogP contribution in [-0.4, -0.2) is 66.2 Å². The number of quaternary nitrogens is 1. The first-order chi connectivity index (χ1) is 12.6. The van der Waals surface area contributed by atoms with Crippen molar-refractivity contribution in [2.24, 2.45) is 5.92 Å². The molecule has 0 aromatic heterocycles. The van der Waals surface area contributed by atoms with Gasteiger partial charge in [-0.1, -0.05) is 30.3 Å². The Bertz CT molecular complexity index is 677. The summed E-state index contributed by atoms with van der Waals surface area (Å²) in [5.74, 6) is 0.00309. The molecule has 4 fully saturated rings. The molecule has 1 aromatic rings. The number of halogens is 1. The third-order valence-electron chi connectivity index (χ3n) is 7.14. The van der Waals surface area contributed by atoms with Crippen LogP contribution >= 0.6 is 0 Å². The lowest BCUT2D eigenvalue weighted by Crippen LogP contribution is -3.00. The molecular formula is C21H28BrNO4. The van der Waals surface area contributed by atoms with Gasteiger partial charge in [0.25, 0.3) is 0 Å². The average Bonchev–Trinajstić information content (AvgIpc) is 3.51. The van der Waals surface area contributed by atoms with Gasteiger partial charge in [0.05, 0.1) is 20.2 Å². The zero-order chi connectivity index (χ0) is 17.9. The van der Waals surface area contributed by atoms with Crippen molar-refractivity contribution in [3.8, 4) is 0 Å². The van der Waals surface area contributed by atoms with Crippen molar-refractivity contribution < 1.29 is 40.8 Å². The smallest absolute Gasteiger partial charge is 0.316 e. The molecule has 0 amide bonds. The third-order valence-corrected chi connectivity index (χ3v) is 7.14. The van der Waals surface area contributed by atoms with E-state index in [2.05, 4.69) is 7.05 Å². The summed E-state index contributed by atoms with van der Waals surface area (Å²) in [4.78, 5) is 12.7. The number of benzene rings is 1. The highest BCUT2D eigenvalue weighted by Crippen LogP contribution is 2.54. The van der Waals surface area contributed by atoms with E-state index >= 15 is 0 Å². The molecule has 0 spiro atoms. The van der Waals surface area contributed by atoms with E-state index in [-0.39, 0.29) is 35.7 Å². The second kappa shape index (κ2) is 7.14. The standard InChI is InChI=1S/C21H28NO4.BrH/c1-22(11-13-7-8-13)17-9-15(10-18(22)20-19(17)26-20)25-21(24)16(12-23)14-5-3-2-4-6-14;/h2-6,13,15-20,23H,7-12H2,1H3;1H/q+1;/p-1/t15-,16-,17-,18+,19-,20+,22?;/m1./s1. The molecule has 4 aliphatic rings. The predicted molar refractivity (Wildman–Crippen MR) is 95.4 cm³/mol. The van der Waals surface area contributed by atoms with Gasteiger partial charge in [-0.25, -0.2) is 0 Å². The Labute approximate surface area is 171 Å². The second-order valence-corrected chi connectivity index (χ2v) is 8.85. The van der Waals surface area contributed by atoms with Crippen molar-refractivity contribution in [1.29, 1.82) is 0 Å². The minimum Gasteiger partial charge on any atom is -1.00 e. The summed E-state index contributed by atoms with van der Waals surface area (Å²) in [6, 6.07) is 10.4. The second-order valence-electron chi connectivity index (χ2n) is 8.85. The van der Waals surface area contributed by atoms with Crippen LogP contribution in [0.2, 0.25) is 0 Å². The first kappa shape index (κ1) is 19.4. The number of hydrogen-bond acceptors (Lipinski definition) is 4. The highest BCUT2D eigenvalue weighted by molar-refractivity contribution is 5.78. The monoisotopic (exact) mass is 437 g/mol. The third kappa shape index (κ3) is 3.35. The van der Waals surface area contributed by atoms with Crippen molar-refractivity contribution in [2.45, 2.75) is 62.0 Å². The summed E-state index contributed by atoms with van der Waals surface area (Å²) in [5.41, 5.74) is 0.819. The lowest BCUT2D eigenvalue weighted by Gasteiger charge is -2.48. The van der Waals surface area contributed by atoms with Crippen LogP contribution in [0.5, 0.6) is 0 Å². The van der Waals surface area contributed by atoms with Gasteiger partial charge in [0.15, 0.2) is 0 Å². The number of carbonyl (C=O) groups is 1. The summed E-state index contributed by atoms with van der Waals surface area (Å²) in [6.07, 6.45) is 5.22. The molecular weight excluding hydrogens is 410 g/mol. The average molecular weight is 438 g/mol. The highest BCUT2D eigenvalue weighted by atomic mass is 79.9.